The van der Waals surface area contributed by atoms with Crippen LogP contribution in [-0.4, -0.2) is 37.9 Å². The Bertz CT molecular complexity index is 553. The van der Waals surface area contributed by atoms with Gasteiger partial charge in [-0.3, -0.25) is 0 Å². The quantitative estimate of drug-likeness (QED) is 0.727. The first kappa shape index (κ1) is 18.6. The highest BCUT2D eigenvalue weighted by atomic mass is 16.6. The fourth-order valence-electron chi connectivity index (χ4n) is 1.74. The lowest BCUT2D eigenvalue weighted by molar-refractivity contribution is 0.0528. The first-order chi connectivity index (χ1) is 10.7. The van der Waals surface area contributed by atoms with Gasteiger partial charge in [0.05, 0.1) is 12.8 Å². The van der Waals surface area contributed by atoms with Crippen LogP contribution in [-0.2, 0) is 4.74 Å². The van der Waals surface area contributed by atoms with E-state index < -0.39 is 11.7 Å². The van der Waals surface area contributed by atoms with E-state index in [0.717, 1.165) is 5.56 Å². The SMILES string of the molecule is COc1ccc(C)cc1NC(=O)NCCNC(=O)OC(C)(C)C. The first-order valence-electron chi connectivity index (χ1n) is 7.37. The topological polar surface area (TPSA) is 88.7 Å². The summed E-state index contributed by atoms with van der Waals surface area (Å²) < 4.78 is 10.3. The van der Waals surface area contributed by atoms with Gasteiger partial charge in [0.1, 0.15) is 11.4 Å². The number of hydrogen-bond donors (Lipinski definition) is 3. The zero-order chi connectivity index (χ0) is 17.5. The number of carbonyl (C=O) groups is 2. The predicted molar refractivity (Wildman–Crippen MR) is 89.0 cm³/mol. The minimum absolute atomic E-state index is 0.271. The number of carbonyl (C=O) groups excluding carboxylic acids is 2. The number of benzene rings is 1. The molecule has 128 valence electrons. The summed E-state index contributed by atoms with van der Waals surface area (Å²) in [5.74, 6) is 0.581. The van der Waals surface area contributed by atoms with Crippen LogP contribution in [0.1, 0.15) is 26.3 Å². The molecule has 3 amide bonds. The Balaban J connectivity index is 2.35. The van der Waals surface area contributed by atoms with Crippen molar-refractivity contribution in [2.24, 2.45) is 0 Å². The van der Waals surface area contributed by atoms with Crippen LogP contribution in [0.4, 0.5) is 15.3 Å². The molecule has 7 nitrogen and oxygen atoms in total. The monoisotopic (exact) mass is 323 g/mol. The minimum atomic E-state index is -0.545. The zero-order valence-corrected chi connectivity index (χ0v) is 14.3. The van der Waals surface area contributed by atoms with E-state index in [1.54, 1.807) is 33.9 Å². The lowest BCUT2D eigenvalue weighted by Crippen LogP contribution is -2.39. The summed E-state index contributed by atoms with van der Waals surface area (Å²) in [5.41, 5.74) is 1.05. The summed E-state index contributed by atoms with van der Waals surface area (Å²) in [6.07, 6.45) is -0.514. The number of aryl methyl sites for hydroxylation is 1. The van der Waals surface area contributed by atoms with Crippen molar-refractivity contribution >= 4 is 17.8 Å². The average molecular weight is 323 g/mol. The fourth-order valence-corrected chi connectivity index (χ4v) is 1.74. The molecule has 0 atom stereocenters. The van der Waals surface area contributed by atoms with Crippen molar-refractivity contribution < 1.29 is 19.1 Å². The third kappa shape index (κ3) is 7.39. The molecule has 1 aromatic rings. The number of alkyl carbamates (subject to hydrolysis) is 1. The molecule has 0 spiro atoms. The van der Waals surface area contributed by atoms with Gasteiger partial charge in [-0.2, -0.15) is 0 Å². The van der Waals surface area contributed by atoms with E-state index in [4.69, 9.17) is 9.47 Å². The van der Waals surface area contributed by atoms with Crippen LogP contribution in [0.25, 0.3) is 0 Å². The smallest absolute Gasteiger partial charge is 0.407 e. The highest BCUT2D eigenvalue weighted by Crippen LogP contribution is 2.24. The van der Waals surface area contributed by atoms with E-state index >= 15 is 0 Å². The Morgan fingerprint density at radius 1 is 1.13 bits per heavy atom. The van der Waals surface area contributed by atoms with Crippen molar-refractivity contribution in [1.29, 1.82) is 0 Å². The van der Waals surface area contributed by atoms with Gasteiger partial charge in [-0.25, -0.2) is 9.59 Å². The van der Waals surface area contributed by atoms with Gasteiger partial charge in [-0.15, -0.1) is 0 Å². The lowest BCUT2D eigenvalue weighted by atomic mass is 10.2. The molecule has 0 radical (unpaired) electrons. The van der Waals surface area contributed by atoms with Gasteiger partial charge in [0.15, 0.2) is 0 Å². The second kappa shape index (κ2) is 8.26. The van der Waals surface area contributed by atoms with Crippen LogP contribution in [0, 0.1) is 6.92 Å². The van der Waals surface area contributed by atoms with E-state index in [9.17, 15) is 9.59 Å². The van der Waals surface area contributed by atoms with Gasteiger partial charge < -0.3 is 25.4 Å². The Morgan fingerprint density at radius 2 is 1.78 bits per heavy atom. The molecule has 3 N–H and O–H groups in total. The molecule has 1 aromatic carbocycles. The summed E-state index contributed by atoms with van der Waals surface area (Å²) in [4.78, 5) is 23.3. The molecule has 23 heavy (non-hydrogen) atoms. The Hall–Kier alpha value is -2.44. The average Bonchev–Trinajstić information content (AvgIpc) is 2.42. The molecule has 0 bridgehead atoms. The zero-order valence-electron chi connectivity index (χ0n) is 14.3. The van der Waals surface area contributed by atoms with Gasteiger partial charge in [0, 0.05) is 13.1 Å². The van der Waals surface area contributed by atoms with Crippen LogP contribution in [0.5, 0.6) is 5.75 Å². The summed E-state index contributed by atoms with van der Waals surface area (Å²) in [6, 6.07) is 5.12. The Labute approximate surface area is 136 Å². The summed E-state index contributed by atoms with van der Waals surface area (Å²) in [5, 5.41) is 7.92. The van der Waals surface area contributed by atoms with E-state index in [2.05, 4.69) is 16.0 Å². The molecular weight excluding hydrogens is 298 g/mol. The molecule has 0 aliphatic carbocycles. The van der Waals surface area contributed by atoms with Crippen LogP contribution >= 0.6 is 0 Å². The van der Waals surface area contributed by atoms with Crippen molar-refractivity contribution in [2.75, 3.05) is 25.5 Å². The minimum Gasteiger partial charge on any atom is -0.495 e. The third-order valence-corrected chi connectivity index (χ3v) is 2.68. The van der Waals surface area contributed by atoms with Crippen LogP contribution in [0.15, 0.2) is 18.2 Å². The molecule has 0 aromatic heterocycles. The number of nitrogens with one attached hydrogen (secondary N) is 3. The lowest BCUT2D eigenvalue weighted by Gasteiger charge is -2.19. The Kier molecular flexibility index (Phi) is 6.68. The Morgan fingerprint density at radius 3 is 2.39 bits per heavy atom. The third-order valence-electron chi connectivity index (χ3n) is 2.68. The molecule has 0 fully saturated rings. The predicted octanol–water partition coefficient (Wildman–Crippen LogP) is 2.65. The number of amides is 3. The van der Waals surface area contributed by atoms with E-state index in [-0.39, 0.29) is 19.1 Å². The number of urea groups is 1. The van der Waals surface area contributed by atoms with Crippen molar-refractivity contribution in [3.63, 3.8) is 0 Å². The number of rotatable bonds is 5. The molecule has 1 rings (SSSR count). The summed E-state index contributed by atoms with van der Waals surface area (Å²) in [6.45, 7) is 7.83. The van der Waals surface area contributed by atoms with Crippen molar-refractivity contribution in [3.8, 4) is 5.75 Å². The molecule has 7 heteroatoms. The van der Waals surface area contributed by atoms with E-state index in [0.29, 0.717) is 11.4 Å². The summed E-state index contributed by atoms with van der Waals surface area (Å²) >= 11 is 0. The summed E-state index contributed by atoms with van der Waals surface area (Å²) in [7, 11) is 1.54. The van der Waals surface area contributed by atoms with Crippen molar-refractivity contribution in [3.05, 3.63) is 23.8 Å². The second-order valence-electron chi connectivity index (χ2n) is 6.01. The van der Waals surface area contributed by atoms with Crippen LogP contribution < -0.4 is 20.7 Å². The largest absolute Gasteiger partial charge is 0.495 e. The van der Waals surface area contributed by atoms with Crippen molar-refractivity contribution in [2.45, 2.75) is 33.3 Å². The molecule has 0 unspecified atom stereocenters. The molecule has 0 saturated carbocycles. The van der Waals surface area contributed by atoms with Gasteiger partial charge in [-0.05, 0) is 45.4 Å². The highest BCUT2D eigenvalue weighted by molar-refractivity contribution is 5.91. The highest BCUT2D eigenvalue weighted by Gasteiger charge is 2.15. The molecule has 0 heterocycles. The van der Waals surface area contributed by atoms with Crippen LogP contribution in [0.3, 0.4) is 0 Å². The molecule has 0 aliphatic rings. The number of ether oxygens (including phenoxy) is 2. The van der Waals surface area contributed by atoms with E-state index in [1.807, 2.05) is 19.1 Å². The fraction of sp³-hybridized carbons (Fsp3) is 0.500. The first-order valence-corrected chi connectivity index (χ1v) is 7.37. The van der Waals surface area contributed by atoms with Gasteiger partial charge in [-0.1, -0.05) is 6.07 Å². The van der Waals surface area contributed by atoms with Gasteiger partial charge >= 0.3 is 12.1 Å². The number of hydrogen-bond acceptors (Lipinski definition) is 4. The maximum absolute atomic E-state index is 11.8. The second-order valence-corrected chi connectivity index (χ2v) is 6.01. The van der Waals surface area contributed by atoms with Crippen molar-refractivity contribution in [1.82, 2.24) is 10.6 Å². The number of methoxy groups -OCH3 is 1. The maximum Gasteiger partial charge on any atom is 0.407 e. The number of anilines is 1. The van der Waals surface area contributed by atoms with Crippen LogP contribution in [0.2, 0.25) is 0 Å². The van der Waals surface area contributed by atoms with Gasteiger partial charge in [0.2, 0.25) is 0 Å². The normalized spacial score (nSPS) is 10.7. The molecule has 0 aliphatic heterocycles. The molecular formula is C16H25N3O4. The van der Waals surface area contributed by atoms with Gasteiger partial charge in [0.25, 0.3) is 0 Å². The van der Waals surface area contributed by atoms with E-state index in [1.165, 1.54) is 0 Å². The maximum atomic E-state index is 11.8. The standard InChI is InChI=1S/C16H25N3O4/c1-11-6-7-13(22-5)12(10-11)19-14(20)17-8-9-18-15(21)23-16(2,3)4/h6-7,10H,8-9H2,1-5H3,(H,18,21)(H2,17,19,20). The molecule has 0 saturated heterocycles.